The lowest BCUT2D eigenvalue weighted by molar-refractivity contribution is -0.191. The van der Waals surface area contributed by atoms with Gasteiger partial charge in [0, 0.05) is 7.05 Å². The van der Waals surface area contributed by atoms with Crippen molar-refractivity contribution in [1.29, 1.82) is 0 Å². The van der Waals surface area contributed by atoms with E-state index >= 15 is 0 Å². The van der Waals surface area contributed by atoms with Gasteiger partial charge < -0.3 is 30.7 Å². The normalized spacial score (nSPS) is 37.7. The van der Waals surface area contributed by atoms with Crippen LogP contribution >= 0.6 is 0 Å². The third kappa shape index (κ3) is 2.32. The molecule has 0 bridgehead atoms. The van der Waals surface area contributed by atoms with Crippen LogP contribution in [0.4, 0.5) is 4.79 Å². The van der Waals surface area contributed by atoms with Gasteiger partial charge in [-0.25, -0.2) is 4.79 Å². The fourth-order valence-corrected chi connectivity index (χ4v) is 1.13. The lowest BCUT2D eigenvalue weighted by atomic mass is 10.0. The standard InChI is InChI=1S/C7H14N2O5/c1-8-7(13)9-6-5(12)4(11)3(10)2-14-6/h3-6,10-12H,2H2,1H3,(H2,8,9,13)/t3-,4+,5-,6-/m1/s1. The van der Waals surface area contributed by atoms with Gasteiger partial charge in [0.15, 0.2) is 6.23 Å². The smallest absolute Gasteiger partial charge is 0.316 e. The Morgan fingerprint density at radius 1 is 1.36 bits per heavy atom. The third-order valence-electron chi connectivity index (χ3n) is 2.00. The van der Waals surface area contributed by atoms with Crippen LogP contribution in [0.2, 0.25) is 0 Å². The van der Waals surface area contributed by atoms with Crippen molar-refractivity contribution in [1.82, 2.24) is 10.6 Å². The van der Waals surface area contributed by atoms with Crippen LogP contribution in [-0.2, 0) is 4.74 Å². The van der Waals surface area contributed by atoms with Gasteiger partial charge in [0.2, 0.25) is 0 Å². The minimum atomic E-state index is -1.34. The zero-order chi connectivity index (χ0) is 10.7. The Bertz CT molecular complexity index is 212. The first-order valence-electron chi connectivity index (χ1n) is 4.20. The summed E-state index contributed by atoms with van der Waals surface area (Å²) >= 11 is 0. The summed E-state index contributed by atoms with van der Waals surface area (Å²) in [5.41, 5.74) is 0. The van der Waals surface area contributed by atoms with E-state index in [4.69, 9.17) is 9.84 Å². The Balaban J connectivity index is 2.50. The maximum absolute atomic E-state index is 10.9. The van der Waals surface area contributed by atoms with E-state index in [1.807, 2.05) is 0 Å². The van der Waals surface area contributed by atoms with Crippen LogP contribution in [0.25, 0.3) is 0 Å². The van der Waals surface area contributed by atoms with E-state index in [9.17, 15) is 15.0 Å². The minimum absolute atomic E-state index is 0.132. The van der Waals surface area contributed by atoms with E-state index in [-0.39, 0.29) is 6.61 Å². The Kier molecular flexibility index (Phi) is 3.64. The van der Waals surface area contributed by atoms with Gasteiger partial charge in [0.05, 0.1) is 6.61 Å². The van der Waals surface area contributed by atoms with E-state index in [0.717, 1.165) is 0 Å². The van der Waals surface area contributed by atoms with Crippen molar-refractivity contribution in [3.63, 3.8) is 0 Å². The predicted octanol–water partition coefficient (Wildman–Crippen LogP) is -2.65. The zero-order valence-electron chi connectivity index (χ0n) is 7.67. The van der Waals surface area contributed by atoms with Gasteiger partial charge in [-0.05, 0) is 0 Å². The Morgan fingerprint density at radius 3 is 2.57 bits per heavy atom. The third-order valence-corrected chi connectivity index (χ3v) is 2.00. The number of hydrogen-bond acceptors (Lipinski definition) is 5. The van der Waals surface area contributed by atoms with E-state index < -0.39 is 30.6 Å². The second-order valence-corrected chi connectivity index (χ2v) is 3.03. The van der Waals surface area contributed by atoms with Crippen molar-refractivity contribution in [2.45, 2.75) is 24.5 Å². The molecule has 1 rings (SSSR count). The molecule has 2 amide bonds. The fourth-order valence-electron chi connectivity index (χ4n) is 1.13. The molecule has 0 aromatic heterocycles. The van der Waals surface area contributed by atoms with Crippen LogP contribution in [0.15, 0.2) is 0 Å². The molecule has 14 heavy (non-hydrogen) atoms. The molecule has 0 spiro atoms. The van der Waals surface area contributed by atoms with Gasteiger partial charge in [-0.3, -0.25) is 0 Å². The largest absolute Gasteiger partial charge is 0.388 e. The number of urea groups is 1. The number of rotatable bonds is 1. The van der Waals surface area contributed by atoms with E-state index in [0.29, 0.717) is 0 Å². The average Bonchev–Trinajstić information content (AvgIpc) is 2.19. The van der Waals surface area contributed by atoms with Crippen LogP contribution in [0.5, 0.6) is 0 Å². The Labute approximate surface area is 80.7 Å². The van der Waals surface area contributed by atoms with Gasteiger partial charge in [-0.1, -0.05) is 0 Å². The first kappa shape index (κ1) is 11.2. The second kappa shape index (κ2) is 4.56. The molecular weight excluding hydrogens is 192 g/mol. The molecule has 1 fully saturated rings. The molecule has 0 radical (unpaired) electrons. The van der Waals surface area contributed by atoms with Crippen molar-refractivity contribution in [3.05, 3.63) is 0 Å². The van der Waals surface area contributed by atoms with Crippen molar-refractivity contribution in [3.8, 4) is 0 Å². The second-order valence-electron chi connectivity index (χ2n) is 3.03. The van der Waals surface area contributed by atoms with Gasteiger partial charge in [0.1, 0.15) is 18.3 Å². The molecule has 0 saturated carbocycles. The minimum Gasteiger partial charge on any atom is -0.388 e. The van der Waals surface area contributed by atoms with Crippen molar-refractivity contribution in [2.24, 2.45) is 0 Å². The number of carbonyl (C=O) groups is 1. The predicted molar refractivity (Wildman–Crippen MR) is 45.4 cm³/mol. The van der Waals surface area contributed by atoms with Crippen LogP contribution in [0.3, 0.4) is 0 Å². The van der Waals surface area contributed by atoms with Crippen molar-refractivity contribution >= 4 is 6.03 Å². The highest BCUT2D eigenvalue weighted by Gasteiger charge is 2.38. The summed E-state index contributed by atoms with van der Waals surface area (Å²) in [4.78, 5) is 10.9. The monoisotopic (exact) mass is 206 g/mol. The van der Waals surface area contributed by atoms with Gasteiger partial charge in [-0.2, -0.15) is 0 Å². The van der Waals surface area contributed by atoms with Crippen LogP contribution in [-0.4, -0.2) is 59.5 Å². The summed E-state index contributed by atoms with van der Waals surface area (Å²) in [7, 11) is 1.41. The zero-order valence-corrected chi connectivity index (χ0v) is 7.67. The maximum atomic E-state index is 10.9. The fraction of sp³-hybridized carbons (Fsp3) is 0.857. The lowest BCUT2D eigenvalue weighted by Crippen LogP contribution is -2.59. The molecule has 1 saturated heterocycles. The number of nitrogens with one attached hydrogen (secondary N) is 2. The number of aliphatic hydroxyl groups is 3. The molecule has 1 heterocycles. The molecule has 4 atom stereocenters. The Morgan fingerprint density at radius 2 is 2.00 bits per heavy atom. The summed E-state index contributed by atoms with van der Waals surface area (Å²) in [6, 6.07) is -0.530. The van der Waals surface area contributed by atoms with E-state index in [1.165, 1.54) is 7.05 Å². The summed E-state index contributed by atoms with van der Waals surface area (Å²) < 4.78 is 4.91. The van der Waals surface area contributed by atoms with Gasteiger partial charge in [0.25, 0.3) is 0 Å². The maximum Gasteiger partial charge on any atom is 0.316 e. The molecule has 82 valence electrons. The summed E-state index contributed by atoms with van der Waals surface area (Å²) in [5, 5.41) is 32.3. The molecular formula is C7H14N2O5. The highest BCUT2D eigenvalue weighted by molar-refractivity contribution is 5.73. The van der Waals surface area contributed by atoms with Crippen LogP contribution < -0.4 is 10.6 Å². The molecule has 0 unspecified atom stereocenters. The first-order chi connectivity index (χ1) is 6.56. The lowest BCUT2D eigenvalue weighted by Gasteiger charge is -2.35. The molecule has 1 aliphatic rings. The number of ether oxygens (including phenoxy) is 1. The van der Waals surface area contributed by atoms with Crippen molar-refractivity contribution < 1.29 is 24.9 Å². The van der Waals surface area contributed by atoms with Crippen LogP contribution in [0.1, 0.15) is 0 Å². The van der Waals surface area contributed by atoms with Gasteiger partial charge in [-0.15, -0.1) is 0 Å². The van der Waals surface area contributed by atoms with Gasteiger partial charge >= 0.3 is 6.03 Å². The molecule has 0 aromatic carbocycles. The highest BCUT2D eigenvalue weighted by atomic mass is 16.5. The summed E-state index contributed by atoms with van der Waals surface area (Å²) in [5.74, 6) is 0. The molecule has 0 aromatic rings. The number of carbonyl (C=O) groups excluding carboxylic acids is 1. The van der Waals surface area contributed by atoms with Crippen LogP contribution in [0, 0.1) is 0 Å². The van der Waals surface area contributed by atoms with E-state index in [2.05, 4.69) is 10.6 Å². The number of hydrogen-bond donors (Lipinski definition) is 5. The molecule has 7 nitrogen and oxygen atoms in total. The molecule has 1 aliphatic heterocycles. The Hall–Kier alpha value is -0.890. The van der Waals surface area contributed by atoms with E-state index in [1.54, 1.807) is 0 Å². The average molecular weight is 206 g/mol. The number of aliphatic hydroxyl groups excluding tert-OH is 3. The highest BCUT2D eigenvalue weighted by Crippen LogP contribution is 2.13. The molecule has 7 heteroatoms. The molecule has 0 aliphatic carbocycles. The SMILES string of the molecule is CNC(=O)N[C@@H]1OC[C@@H](O)[C@H](O)[C@H]1O. The number of amides is 2. The topological polar surface area (TPSA) is 111 Å². The van der Waals surface area contributed by atoms with Crippen molar-refractivity contribution in [2.75, 3.05) is 13.7 Å². The molecule has 5 N–H and O–H groups in total. The summed E-state index contributed by atoms with van der Waals surface area (Å²) in [6.45, 7) is -0.132. The summed E-state index contributed by atoms with van der Waals surface area (Å²) in [6.07, 6.45) is -4.79. The quantitative estimate of drug-likeness (QED) is 0.322. The first-order valence-corrected chi connectivity index (χ1v) is 4.20.